The highest BCUT2D eigenvalue weighted by molar-refractivity contribution is 5.88. The van der Waals surface area contributed by atoms with Crippen molar-refractivity contribution in [3.8, 4) is 0 Å². The van der Waals surface area contributed by atoms with Gasteiger partial charge in [-0.3, -0.25) is 9.59 Å². The Kier molecular flexibility index (Phi) is 8.88. The van der Waals surface area contributed by atoms with Crippen molar-refractivity contribution >= 4 is 11.9 Å². The molecule has 0 heterocycles. The Morgan fingerprint density at radius 2 is 1.70 bits per heavy atom. The van der Waals surface area contributed by atoms with Gasteiger partial charge in [0.25, 0.3) is 0 Å². The van der Waals surface area contributed by atoms with Crippen LogP contribution in [-0.4, -0.2) is 59.5 Å². The lowest BCUT2D eigenvalue weighted by molar-refractivity contribution is -0.142. The van der Waals surface area contributed by atoms with Crippen LogP contribution in [0.4, 0.5) is 0 Å². The van der Waals surface area contributed by atoms with Gasteiger partial charge in [0.05, 0.1) is 5.92 Å². The third-order valence-corrected chi connectivity index (χ3v) is 3.22. The van der Waals surface area contributed by atoms with Gasteiger partial charge >= 0.3 is 5.97 Å². The fraction of sp³-hybridized carbons (Fsp3) is 0.733. The summed E-state index contributed by atoms with van der Waals surface area (Å²) in [6.07, 6.45) is 1.57. The van der Waals surface area contributed by atoms with Gasteiger partial charge in [-0.15, -0.1) is 0 Å². The Morgan fingerprint density at radius 3 is 2.10 bits per heavy atom. The zero-order chi connectivity index (χ0) is 15.7. The number of carboxylic acids is 1. The number of rotatable bonds is 9. The molecule has 0 aromatic carbocycles. The fourth-order valence-corrected chi connectivity index (χ4v) is 1.84. The average Bonchev–Trinajstić information content (AvgIpc) is 2.37. The summed E-state index contributed by atoms with van der Waals surface area (Å²) in [5.74, 6) is -1.53. The van der Waals surface area contributed by atoms with Gasteiger partial charge in [0.15, 0.2) is 0 Å². The molecule has 5 heteroatoms. The van der Waals surface area contributed by atoms with Crippen molar-refractivity contribution in [1.82, 2.24) is 9.80 Å². The molecular weight excluding hydrogens is 256 g/mol. The molecule has 0 saturated carbocycles. The Balaban J connectivity index is 4.74. The first kappa shape index (κ1) is 18.6. The average molecular weight is 284 g/mol. The van der Waals surface area contributed by atoms with Gasteiger partial charge in [-0.05, 0) is 26.9 Å². The summed E-state index contributed by atoms with van der Waals surface area (Å²) in [4.78, 5) is 27.0. The molecule has 1 amide bonds. The predicted molar refractivity (Wildman–Crippen MR) is 80.6 cm³/mol. The van der Waals surface area contributed by atoms with Gasteiger partial charge in [0.2, 0.25) is 5.91 Å². The Hall–Kier alpha value is -1.36. The van der Waals surface area contributed by atoms with E-state index in [1.807, 2.05) is 13.8 Å². The van der Waals surface area contributed by atoms with Crippen molar-refractivity contribution in [2.45, 2.75) is 34.6 Å². The van der Waals surface area contributed by atoms with Crippen molar-refractivity contribution in [2.75, 3.05) is 32.7 Å². The summed E-state index contributed by atoms with van der Waals surface area (Å²) in [5.41, 5.74) is 0.922. The number of carboxylic acid groups (broad SMARTS) is 1. The number of hydrogen-bond donors (Lipinski definition) is 1. The number of aliphatic carboxylic acids is 1. The maximum absolute atomic E-state index is 12.1. The van der Waals surface area contributed by atoms with E-state index in [1.165, 1.54) is 0 Å². The van der Waals surface area contributed by atoms with Crippen LogP contribution in [0.2, 0.25) is 0 Å². The second-order valence-electron chi connectivity index (χ2n) is 5.27. The van der Waals surface area contributed by atoms with Crippen LogP contribution < -0.4 is 0 Å². The first-order chi connectivity index (χ1) is 9.31. The van der Waals surface area contributed by atoms with E-state index in [9.17, 15) is 9.59 Å². The highest BCUT2D eigenvalue weighted by Gasteiger charge is 2.19. The van der Waals surface area contributed by atoms with E-state index >= 15 is 0 Å². The van der Waals surface area contributed by atoms with Gasteiger partial charge in [-0.1, -0.05) is 26.3 Å². The van der Waals surface area contributed by atoms with E-state index in [0.29, 0.717) is 6.54 Å². The summed E-state index contributed by atoms with van der Waals surface area (Å²) in [5, 5.41) is 9.00. The molecule has 0 rings (SSSR count). The van der Waals surface area contributed by atoms with Crippen LogP contribution in [0.3, 0.4) is 0 Å². The van der Waals surface area contributed by atoms with Gasteiger partial charge in [-0.25, -0.2) is 0 Å². The highest BCUT2D eigenvalue weighted by atomic mass is 16.4. The topological polar surface area (TPSA) is 60.9 Å². The van der Waals surface area contributed by atoms with Crippen LogP contribution in [0, 0.1) is 5.92 Å². The molecule has 5 nitrogen and oxygen atoms in total. The lowest BCUT2D eigenvalue weighted by Crippen LogP contribution is -2.41. The molecule has 0 aromatic heterocycles. The molecule has 1 unspecified atom stereocenters. The third-order valence-electron chi connectivity index (χ3n) is 3.22. The summed E-state index contributed by atoms with van der Waals surface area (Å²) in [7, 11) is 0. The molecule has 1 atom stereocenters. The molecule has 1 N–H and O–H groups in total. The van der Waals surface area contributed by atoms with Crippen molar-refractivity contribution in [3.05, 3.63) is 11.6 Å². The van der Waals surface area contributed by atoms with Crippen molar-refractivity contribution in [2.24, 2.45) is 5.92 Å². The smallest absolute Gasteiger partial charge is 0.308 e. The summed E-state index contributed by atoms with van der Waals surface area (Å²) in [6.45, 7) is 12.9. The molecule has 0 aliphatic heterocycles. The molecular formula is C15H28N2O3. The minimum absolute atomic E-state index is 0.106. The van der Waals surface area contributed by atoms with Crippen molar-refractivity contribution < 1.29 is 14.7 Å². The van der Waals surface area contributed by atoms with Crippen LogP contribution in [-0.2, 0) is 9.59 Å². The number of hydrogen-bond acceptors (Lipinski definition) is 3. The lowest BCUT2D eigenvalue weighted by atomic mass is 10.1. The Labute approximate surface area is 122 Å². The van der Waals surface area contributed by atoms with E-state index in [2.05, 4.69) is 18.7 Å². The molecule has 0 radical (unpaired) electrons. The normalized spacial score (nSPS) is 12.1. The molecule has 0 aliphatic rings. The number of nitrogens with zero attached hydrogens (tertiary/aromatic N) is 2. The standard InChI is InChI=1S/C15H28N2O3/c1-6-16(7-2)8-9-17(11-13(5)15(19)20)14(18)10-12(3)4/h10,13H,6-9,11H2,1-5H3,(H,19,20). The number of allylic oxidation sites excluding steroid dienone is 1. The molecule has 0 aromatic rings. The van der Waals surface area contributed by atoms with E-state index in [4.69, 9.17) is 5.11 Å². The molecule has 20 heavy (non-hydrogen) atoms. The minimum atomic E-state index is -0.872. The van der Waals surface area contributed by atoms with Gasteiger partial charge in [0, 0.05) is 25.7 Å². The second kappa shape index (κ2) is 9.53. The maximum Gasteiger partial charge on any atom is 0.308 e. The zero-order valence-corrected chi connectivity index (χ0v) is 13.3. The second-order valence-corrected chi connectivity index (χ2v) is 5.27. The summed E-state index contributed by atoms with van der Waals surface area (Å²) in [6, 6.07) is 0. The largest absolute Gasteiger partial charge is 0.481 e. The molecule has 0 saturated heterocycles. The number of amides is 1. The molecule has 0 aliphatic carbocycles. The molecule has 0 spiro atoms. The summed E-state index contributed by atoms with van der Waals surface area (Å²) >= 11 is 0. The minimum Gasteiger partial charge on any atom is -0.481 e. The molecule has 0 fully saturated rings. The zero-order valence-electron chi connectivity index (χ0n) is 13.3. The van der Waals surface area contributed by atoms with E-state index < -0.39 is 11.9 Å². The molecule has 0 bridgehead atoms. The Bertz CT molecular complexity index is 345. The fourth-order valence-electron chi connectivity index (χ4n) is 1.84. The SMILES string of the molecule is CCN(CC)CCN(CC(C)C(=O)O)C(=O)C=C(C)C. The van der Waals surface area contributed by atoms with Gasteiger partial charge in [0.1, 0.15) is 0 Å². The molecule has 116 valence electrons. The number of likely N-dealkylation sites (N-methyl/N-ethyl adjacent to an activating group) is 1. The maximum atomic E-state index is 12.1. The van der Waals surface area contributed by atoms with Crippen LogP contribution in [0.25, 0.3) is 0 Å². The van der Waals surface area contributed by atoms with Gasteiger partial charge in [-0.2, -0.15) is 0 Å². The monoisotopic (exact) mass is 284 g/mol. The van der Waals surface area contributed by atoms with Crippen molar-refractivity contribution in [3.63, 3.8) is 0 Å². The van der Waals surface area contributed by atoms with E-state index in [1.54, 1.807) is 17.9 Å². The number of carbonyl (C=O) groups excluding carboxylic acids is 1. The van der Waals surface area contributed by atoms with Crippen LogP contribution in [0.15, 0.2) is 11.6 Å². The van der Waals surface area contributed by atoms with E-state index in [-0.39, 0.29) is 12.5 Å². The first-order valence-electron chi connectivity index (χ1n) is 7.20. The van der Waals surface area contributed by atoms with E-state index in [0.717, 1.165) is 25.2 Å². The van der Waals surface area contributed by atoms with Crippen LogP contribution in [0.1, 0.15) is 34.6 Å². The predicted octanol–water partition coefficient (Wildman–Crippen LogP) is 1.84. The first-order valence-corrected chi connectivity index (χ1v) is 7.20. The number of carbonyl (C=O) groups is 2. The lowest BCUT2D eigenvalue weighted by Gasteiger charge is -2.27. The highest BCUT2D eigenvalue weighted by Crippen LogP contribution is 2.04. The van der Waals surface area contributed by atoms with Crippen LogP contribution >= 0.6 is 0 Å². The quantitative estimate of drug-likeness (QED) is 0.656. The summed E-state index contributed by atoms with van der Waals surface area (Å²) < 4.78 is 0. The van der Waals surface area contributed by atoms with Crippen LogP contribution in [0.5, 0.6) is 0 Å². The third kappa shape index (κ3) is 7.28. The Morgan fingerprint density at radius 1 is 1.15 bits per heavy atom. The van der Waals surface area contributed by atoms with Crippen molar-refractivity contribution in [1.29, 1.82) is 0 Å². The van der Waals surface area contributed by atoms with Gasteiger partial charge < -0.3 is 14.9 Å².